The summed E-state index contributed by atoms with van der Waals surface area (Å²) in [5.41, 5.74) is -1.04. The number of hydrogen-bond donors (Lipinski definition) is 1. The Morgan fingerprint density at radius 1 is 0.923 bits per heavy atom. The average molecular weight is 376 g/mol. The predicted octanol–water partition coefficient (Wildman–Crippen LogP) is 2.90. The quantitative estimate of drug-likeness (QED) is 0.482. The molecule has 0 bridgehead atoms. The van der Waals surface area contributed by atoms with Crippen molar-refractivity contribution in [2.75, 3.05) is 26.4 Å². The molecule has 0 radical (unpaired) electrons. The van der Waals surface area contributed by atoms with E-state index in [4.69, 9.17) is 9.47 Å². The van der Waals surface area contributed by atoms with Crippen LogP contribution in [0, 0.1) is 0 Å². The molecule has 0 aliphatic heterocycles. The van der Waals surface area contributed by atoms with E-state index in [2.05, 4.69) is 0 Å². The summed E-state index contributed by atoms with van der Waals surface area (Å²) < 4.78 is 24.7. The van der Waals surface area contributed by atoms with Crippen LogP contribution in [0.1, 0.15) is 13.3 Å². The highest BCUT2D eigenvalue weighted by molar-refractivity contribution is 7.80. The number of hydrogen-bond acceptors (Lipinski definition) is 4. The maximum absolute atomic E-state index is 14.1. The third-order valence-corrected chi connectivity index (χ3v) is 7.60. The van der Waals surface area contributed by atoms with E-state index < -0.39 is 18.8 Å². The molecule has 0 amide bonds. The fourth-order valence-electron chi connectivity index (χ4n) is 2.83. The molecule has 2 aromatic rings. The van der Waals surface area contributed by atoms with Crippen LogP contribution in [0.5, 0.6) is 0 Å². The van der Waals surface area contributed by atoms with E-state index in [1.54, 1.807) is 48.5 Å². The molecule has 2 aromatic carbocycles. The Hall–Kier alpha value is -1.94. The fraction of sp³-hybridized carbons (Fsp3) is 0.350. The summed E-state index contributed by atoms with van der Waals surface area (Å²) in [6, 6.07) is 17.7. The fourth-order valence-corrected chi connectivity index (χ4v) is 5.86. The lowest BCUT2D eigenvalue weighted by molar-refractivity contribution is -0.137. The summed E-state index contributed by atoms with van der Waals surface area (Å²) in [5.74, 6) is -1.07. The number of ether oxygens (including phenoxy) is 2. The van der Waals surface area contributed by atoms with Crippen molar-refractivity contribution in [2.24, 2.45) is 0 Å². The number of carboxylic acid groups (broad SMARTS) is 1. The molecule has 0 aromatic heterocycles. The van der Waals surface area contributed by atoms with E-state index in [0.29, 0.717) is 30.4 Å². The van der Waals surface area contributed by atoms with Gasteiger partial charge in [-0.05, 0) is 13.3 Å². The molecule has 0 saturated carbocycles. The zero-order valence-electron chi connectivity index (χ0n) is 14.9. The second kappa shape index (κ2) is 10.3. The Kier molecular flexibility index (Phi) is 8.05. The smallest absolute Gasteiger partial charge is 0.314 e. The van der Waals surface area contributed by atoms with E-state index in [-0.39, 0.29) is 13.0 Å². The van der Waals surface area contributed by atoms with Crippen LogP contribution in [0.2, 0.25) is 0 Å². The van der Waals surface area contributed by atoms with Crippen molar-refractivity contribution in [3.8, 4) is 0 Å². The largest absolute Gasteiger partial charge is 0.481 e. The maximum atomic E-state index is 14.1. The number of benzene rings is 2. The van der Waals surface area contributed by atoms with Gasteiger partial charge in [0.05, 0.1) is 13.2 Å². The molecule has 5 nitrogen and oxygen atoms in total. The van der Waals surface area contributed by atoms with Gasteiger partial charge in [0.15, 0.2) is 7.14 Å². The highest BCUT2D eigenvalue weighted by Gasteiger charge is 2.41. The Balaban J connectivity index is 2.27. The van der Waals surface area contributed by atoms with Crippen molar-refractivity contribution < 1.29 is 23.9 Å². The first-order chi connectivity index (χ1) is 12.6. The van der Waals surface area contributed by atoms with Crippen molar-refractivity contribution in [1.82, 2.24) is 0 Å². The van der Waals surface area contributed by atoms with E-state index in [1.807, 2.05) is 19.1 Å². The second-order valence-electron chi connectivity index (χ2n) is 5.78. The van der Waals surface area contributed by atoms with Crippen LogP contribution in [-0.4, -0.2) is 43.2 Å². The Morgan fingerprint density at radius 2 is 1.42 bits per heavy atom. The molecule has 2 rings (SSSR count). The Bertz CT molecular complexity index is 674. The molecule has 26 heavy (non-hydrogen) atoms. The number of aliphatic carboxylic acids is 1. The van der Waals surface area contributed by atoms with Crippen molar-refractivity contribution in [3.63, 3.8) is 0 Å². The third kappa shape index (κ3) is 5.04. The van der Waals surface area contributed by atoms with Gasteiger partial charge in [-0.1, -0.05) is 60.7 Å². The highest BCUT2D eigenvalue weighted by atomic mass is 31.2. The number of carboxylic acids is 1. The first kappa shape index (κ1) is 20.4. The zero-order chi connectivity index (χ0) is 18.8. The van der Waals surface area contributed by atoms with Crippen LogP contribution in [0.25, 0.3) is 0 Å². The van der Waals surface area contributed by atoms with Gasteiger partial charge in [-0.25, -0.2) is 0 Å². The average Bonchev–Trinajstić information content (AvgIpc) is 2.68. The van der Waals surface area contributed by atoms with E-state index in [9.17, 15) is 14.5 Å². The Labute approximate surface area is 154 Å². The van der Waals surface area contributed by atoms with Crippen molar-refractivity contribution >= 4 is 23.7 Å². The van der Waals surface area contributed by atoms with Gasteiger partial charge in [-0.3, -0.25) is 4.79 Å². The SMILES string of the molecule is CCOCCOCCC(C(=O)O)P(=O)(c1ccccc1)c1ccccc1. The molecule has 1 unspecified atom stereocenters. The van der Waals surface area contributed by atoms with Gasteiger partial charge >= 0.3 is 5.97 Å². The van der Waals surface area contributed by atoms with Crippen LogP contribution in [0.3, 0.4) is 0 Å². The van der Waals surface area contributed by atoms with Crippen LogP contribution in [0.15, 0.2) is 60.7 Å². The summed E-state index contributed by atoms with van der Waals surface area (Å²) in [6.45, 7) is 3.58. The van der Waals surface area contributed by atoms with Gasteiger partial charge in [-0.15, -0.1) is 0 Å². The van der Waals surface area contributed by atoms with Gasteiger partial charge in [0, 0.05) is 23.8 Å². The Morgan fingerprint density at radius 3 is 1.88 bits per heavy atom. The molecular formula is C20H25O5P. The first-order valence-corrected chi connectivity index (χ1v) is 10.5. The molecule has 0 aliphatic rings. The molecular weight excluding hydrogens is 351 g/mol. The normalized spacial score (nSPS) is 12.7. The lowest BCUT2D eigenvalue weighted by atomic mass is 10.3. The maximum Gasteiger partial charge on any atom is 0.314 e. The van der Waals surface area contributed by atoms with Gasteiger partial charge in [0.1, 0.15) is 5.66 Å². The highest BCUT2D eigenvalue weighted by Crippen LogP contribution is 2.50. The lowest BCUT2D eigenvalue weighted by Crippen LogP contribution is -2.32. The summed E-state index contributed by atoms with van der Waals surface area (Å²) in [7, 11) is -3.36. The van der Waals surface area contributed by atoms with E-state index >= 15 is 0 Å². The molecule has 140 valence electrons. The third-order valence-electron chi connectivity index (χ3n) is 4.12. The van der Waals surface area contributed by atoms with Crippen LogP contribution in [0.4, 0.5) is 0 Å². The molecule has 6 heteroatoms. The van der Waals surface area contributed by atoms with Crippen molar-refractivity contribution in [3.05, 3.63) is 60.7 Å². The monoisotopic (exact) mass is 376 g/mol. The van der Waals surface area contributed by atoms with Crippen molar-refractivity contribution in [1.29, 1.82) is 0 Å². The van der Waals surface area contributed by atoms with Gasteiger partial charge in [0.25, 0.3) is 0 Å². The molecule has 1 atom stereocenters. The topological polar surface area (TPSA) is 72.8 Å². The molecule has 1 N–H and O–H groups in total. The molecule has 0 fully saturated rings. The minimum Gasteiger partial charge on any atom is -0.481 e. The standard InChI is InChI=1S/C20H25O5P/c1-2-24-15-16-25-14-13-19(20(21)22)26(23,17-9-5-3-6-10-17)18-11-7-4-8-12-18/h3-12,19H,2,13-16H2,1H3,(H,21,22). The van der Waals surface area contributed by atoms with Crippen LogP contribution < -0.4 is 10.6 Å². The minimum absolute atomic E-state index is 0.169. The van der Waals surface area contributed by atoms with Crippen LogP contribution in [-0.2, 0) is 18.8 Å². The minimum atomic E-state index is -3.36. The van der Waals surface area contributed by atoms with Crippen LogP contribution >= 0.6 is 7.14 Å². The molecule has 0 saturated heterocycles. The zero-order valence-corrected chi connectivity index (χ0v) is 15.8. The van der Waals surface area contributed by atoms with Gasteiger partial charge in [-0.2, -0.15) is 0 Å². The van der Waals surface area contributed by atoms with Gasteiger partial charge < -0.3 is 19.1 Å². The summed E-state index contributed by atoms with van der Waals surface area (Å²) in [6.07, 6.45) is 0.169. The summed E-state index contributed by atoms with van der Waals surface area (Å²) in [5, 5.41) is 10.9. The second-order valence-corrected chi connectivity index (χ2v) is 8.75. The molecule has 0 heterocycles. The summed E-state index contributed by atoms with van der Waals surface area (Å²) in [4.78, 5) is 12.0. The van der Waals surface area contributed by atoms with E-state index in [0.717, 1.165) is 0 Å². The lowest BCUT2D eigenvalue weighted by Gasteiger charge is -2.26. The number of carbonyl (C=O) groups is 1. The summed E-state index contributed by atoms with van der Waals surface area (Å²) >= 11 is 0. The first-order valence-electron chi connectivity index (χ1n) is 8.70. The molecule has 0 spiro atoms. The van der Waals surface area contributed by atoms with Crippen molar-refractivity contribution in [2.45, 2.75) is 19.0 Å². The van der Waals surface area contributed by atoms with Gasteiger partial charge in [0.2, 0.25) is 0 Å². The predicted molar refractivity (Wildman–Crippen MR) is 103 cm³/mol. The van der Waals surface area contributed by atoms with E-state index in [1.165, 1.54) is 0 Å². The molecule has 0 aliphatic carbocycles. The number of rotatable bonds is 11.